The van der Waals surface area contributed by atoms with E-state index in [9.17, 15) is 4.79 Å². The van der Waals surface area contributed by atoms with E-state index in [4.69, 9.17) is 11.6 Å². The van der Waals surface area contributed by atoms with Crippen molar-refractivity contribution in [3.05, 3.63) is 46.6 Å². The fourth-order valence-electron chi connectivity index (χ4n) is 2.30. The summed E-state index contributed by atoms with van der Waals surface area (Å²) < 4.78 is 0. The molecule has 1 aliphatic carbocycles. The molecule has 1 nitrogen and oxygen atoms in total. The third-order valence-electron chi connectivity index (χ3n) is 3.47. The van der Waals surface area contributed by atoms with Crippen molar-refractivity contribution in [3.63, 3.8) is 0 Å². The van der Waals surface area contributed by atoms with Gasteiger partial charge in [0.25, 0.3) is 0 Å². The fraction of sp³-hybridized carbons (Fsp3) is 0.526. The van der Waals surface area contributed by atoms with E-state index in [-0.39, 0.29) is 5.78 Å². The van der Waals surface area contributed by atoms with E-state index in [0.29, 0.717) is 11.0 Å². The minimum Gasteiger partial charge on any atom is -0.295 e. The molecule has 0 N–H and O–H groups in total. The molecule has 0 unspecified atom stereocenters. The number of halogens is 1. The molecule has 0 bridgehead atoms. The maximum atomic E-state index is 11.9. The zero-order valence-corrected chi connectivity index (χ0v) is 14.9. The number of ketones is 1. The van der Waals surface area contributed by atoms with Gasteiger partial charge >= 0.3 is 0 Å². The molecule has 0 aliphatic heterocycles. The Bertz CT molecular complexity index is 442. The van der Waals surface area contributed by atoms with Crippen LogP contribution in [0.25, 0.3) is 0 Å². The predicted molar refractivity (Wildman–Crippen MR) is 94.6 cm³/mol. The Morgan fingerprint density at radius 1 is 1.14 bits per heavy atom. The van der Waals surface area contributed by atoms with Crippen LogP contribution in [0.1, 0.15) is 60.3 Å². The van der Waals surface area contributed by atoms with Crippen LogP contribution in [-0.4, -0.2) is 5.78 Å². The first-order valence-electron chi connectivity index (χ1n) is 7.86. The second-order valence-corrected chi connectivity index (χ2v) is 5.74. The lowest BCUT2D eigenvalue weighted by Gasteiger charge is -2.09. The van der Waals surface area contributed by atoms with Crippen molar-refractivity contribution in [1.82, 2.24) is 0 Å². The van der Waals surface area contributed by atoms with Gasteiger partial charge in [-0.05, 0) is 51.2 Å². The van der Waals surface area contributed by atoms with Crippen molar-refractivity contribution in [2.24, 2.45) is 5.92 Å². The van der Waals surface area contributed by atoms with Gasteiger partial charge in [0.05, 0.1) is 0 Å². The molecule has 21 heavy (non-hydrogen) atoms. The van der Waals surface area contributed by atoms with Gasteiger partial charge in [0.1, 0.15) is 0 Å². The van der Waals surface area contributed by atoms with Crippen molar-refractivity contribution < 1.29 is 4.79 Å². The zero-order valence-electron chi connectivity index (χ0n) is 14.1. The van der Waals surface area contributed by atoms with Gasteiger partial charge < -0.3 is 0 Å². The van der Waals surface area contributed by atoms with E-state index < -0.39 is 0 Å². The van der Waals surface area contributed by atoms with Crippen LogP contribution >= 0.6 is 11.6 Å². The number of hydrogen-bond donors (Lipinski definition) is 0. The molecule has 0 atom stereocenters. The normalized spacial score (nSPS) is 16.1. The Morgan fingerprint density at radius 3 is 2.05 bits per heavy atom. The molecule has 1 fully saturated rings. The molecule has 0 spiro atoms. The molecule has 1 rings (SSSR count). The zero-order chi connectivity index (χ0) is 16.4. The number of carbonyl (C=O) groups excluding carboxylic acids is 1. The number of carbonyl (C=O) groups is 1. The first kappa shape index (κ1) is 19.9. The molecule has 0 heterocycles. The highest BCUT2D eigenvalue weighted by Crippen LogP contribution is 2.29. The first-order chi connectivity index (χ1) is 9.95. The van der Waals surface area contributed by atoms with Crippen molar-refractivity contribution in [2.75, 3.05) is 0 Å². The number of rotatable bonds is 5. The Kier molecular flexibility index (Phi) is 10.1. The largest absolute Gasteiger partial charge is 0.295 e. The molecule has 0 saturated heterocycles. The summed E-state index contributed by atoms with van der Waals surface area (Å²) in [7, 11) is 0. The Balaban J connectivity index is 0.00000191. The third kappa shape index (κ3) is 6.95. The molecule has 0 amide bonds. The van der Waals surface area contributed by atoms with Crippen LogP contribution in [0.15, 0.2) is 46.6 Å². The molecule has 1 aliphatic rings. The smallest absolute Gasteiger partial charge is 0.160 e. The summed E-state index contributed by atoms with van der Waals surface area (Å²) >= 11 is 6.17. The molecular weight excluding hydrogens is 280 g/mol. The topological polar surface area (TPSA) is 17.1 Å². The summed E-state index contributed by atoms with van der Waals surface area (Å²) in [5.41, 5.74) is 2.61. The second-order valence-electron chi connectivity index (χ2n) is 5.33. The van der Waals surface area contributed by atoms with Gasteiger partial charge in [-0.3, -0.25) is 4.79 Å². The van der Waals surface area contributed by atoms with Crippen molar-refractivity contribution in [2.45, 2.75) is 60.3 Å². The molecule has 118 valence electrons. The average Bonchev–Trinajstić information content (AvgIpc) is 2.97. The number of allylic oxidation sites excluding steroid dienone is 7. The van der Waals surface area contributed by atoms with E-state index in [1.54, 1.807) is 13.0 Å². The van der Waals surface area contributed by atoms with Gasteiger partial charge in [-0.2, -0.15) is 0 Å². The van der Waals surface area contributed by atoms with E-state index in [1.807, 2.05) is 33.8 Å². The lowest BCUT2D eigenvalue weighted by Crippen LogP contribution is -2.02. The highest BCUT2D eigenvalue weighted by atomic mass is 35.5. The average molecular weight is 309 g/mol. The van der Waals surface area contributed by atoms with Crippen LogP contribution in [0.2, 0.25) is 0 Å². The Morgan fingerprint density at radius 2 is 1.67 bits per heavy atom. The minimum atomic E-state index is 0.0799. The Labute approximate surface area is 135 Å². The maximum absolute atomic E-state index is 11.9. The summed E-state index contributed by atoms with van der Waals surface area (Å²) in [4.78, 5) is 11.9. The monoisotopic (exact) mass is 308 g/mol. The molecular formula is C19H29ClO. The van der Waals surface area contributed by atoms with Crippen molar-refractivity contribution in [3.8, 4) is 0 Å². The van der Waals surface area contributed by atoms with Crippen LogP contribution in [-0.2, 0) is 4.79 Å². The van der Waals surface area contributed by atoms with Crippen molar-refractivity contribution >= 4 is 17.4 Å². The molecule has 0 aromatic carbocycles. The van der Waals surface area contributed by atoms with Gasteiger partial charge in [0, 0.05) is 10.6 Å². The van der Waals surface area contributed by atoms with Crippen LogP contribution in [0, 0.1) is 5.92 Å². The van der Waals surface area contributed by atoms with Crippen LogP contribution in [0.4, 0.5) is 0 Å². The summed E-state index contributed by atoms with van der Waals surface area (Å²) in [5, 5.41) is 0.675. The molecule has 0 aromatic heterocycles. The summed E-state index contributed by atoms with van der Waals surface area (Å²) in [6, 6.07) is 0. The highest BCUT2D eigenvalue weighted by Gasteiger charge is 2.16. The van der Waals surface area contributed by atoms with E-state index in [0.717, 1.165) is 16.7 Å². The number of hydrogen-bond acceptors (Lipinski definition) is 1. The quantitative estimate of drug-likeness (QED) is 0.426. The van der Waals surface area contributed by atoms with Gasteiger partial charge in [-0.15, -0.1) is 0 Å². The van der Waals surface area contributed by atoms with Gasteiger partial charge in [0.2, 0.25) is 0 Å². The van der Waals surface area contributed by atoms with Crippen LogP contribution < -0.4 is 0 Å². The predicted octanol–water partition coefficient (Wildman–Crippen LogP) is 6.36. The van der Waals surface area contributed by atoms with E-state index in [2.05, 4.69) is 12.7 Å². The van der Waals surface area contributed by atoms with E-state index in [1.165, 1.54) is 25.7 Å². The Hall–Kier alpha value is -1.08. The van der Waals surface area contributed by atoms with Gasteiger partial charge in [0.15, 0.2) is 5.78 Å². The number of Topliss-reactive ketones (excluding diaryl/α,β-unsaturated/α-hetero) is 1. The van der Waals surface area contributed by atoms with E-state index >= 15 is 0 Å². The summed E-state index contributed by atoms with van der Waals surface area (Å²) in [6.07, 6.45) is 10.5. The highest BCUT2D eigenvalue weighted by molar-refractivity contribution is 6.31. The maximum Gasteiger partial charge on any atom is 0.160 e. The van der Waals surface area contributed by atoms with Crippen molar-refractivity contribution in [1.29, 1.82) is 0 Å². The van der Waals surface area contributed by atoms with Crippen LogP contribution in [0.3, 0.4) is 0 Å². The van der Waals surface area contributed by atoms with Gasteiger partial charge in [-0.25, -0.2) is 0 Å². The standard InChI is InChI=1S/C17H23ClO.C2H6/c1-5-15(11-17(18)12(2)3)16(13(4)19)10-14-8-6-7-9-14;1-2/h5,10-11,14H,1,6-9H2,2-4H3;1-2H3/b15-11+,16-10+;. The third-order valence-corrected chi connectivity index (χ3v) is 3.96. The fourth-order valence-corrected chi connectivity index (χ4v) is 2.42. The van der Waals surface area contributed by atoms with Crippen LogP contribution in [0.5, 0.6) is 0 Å². The SMILES string of the molecule is C=CC(=C\C(Cl)=C(C)C)/C(=C/C1CCCC1)C(C)=O.CC. The minimum absolute atomic E-state index is 0.0799. The first-order valence-corrected chi connectivity index (χ1v) is 8.23. The molecule has 0 radical (unpaired) electrons. The second kappa shape index (κ2) is 10.6. The van der Waals surface area contributed by atoms with Gasteiger partial charge in [-0.1, -0.05) is 62.6 Å². The molecule has 0 aromatic rings. The summed E-state index contributed by atoms with van der Waals surface area (Å²) in [5.74, 6) is 0.601. The lowest BCUT2D eigenvalue weighted by molar-refractivity contribution is -0.113. The molecule has 2 heteroatoms. The molecule has 1 saturated carbocycles. The lowest BCUT2D eigenvalue weighted by atomic mass is 9.95. The summed E-state index contributed by atoms with van der Waals surface area (Å²) in [6.45, 7) is 13.3.